The van der Waals surface area contributed by atoms with Gasteiger partial charge in [0.05, 0.1) is 11.6 Å². The number of fused-ring (bicyclic) bond motifs is 1. The van der Waals surface area contributed by atoms with Crippen LogP contribution in [-0.4, -0.2) is 40.6 Å². The van der Waals surface area contributed by atoms with Crippen molar-refractivity contribution >= 4 is 22.9 Å². The SMILES string of the molecule is CN(CC1CCCCC1O)C(=O)/C=C/c1cccc2cccnc12. The molecule has 1 aliphatic rings. The predicted octanol–water partition coefficient (Wildman–Crippen LogP) is 3.26. The van der Waals surface area contributed by atoms with Crippen LogP contribution in [-0.2, 0) is 4.79 Å². The Hall–Kier alpha value is -2.20. The van der Waals surface area contributed by atoms with Gasteiger partial charge in [-0.05, 0) is 25.0 Å². The summed E-state index contributed by atoms with van der Waals surface area (Å²) in [4.78, 5) is 18.5. The number of carbonyl (C=O) groups excluding carboxylic acids is 1. The van der Waals surface area contributed by atoms with Gasteiger partial charge in [0.1, 0.15) is 0 Å². The highest BCUT2D eigenvalue weighted by Gasteiger charge is 2.25. The Kier molecular flexibility index (Phi) is 5.26. The third kappa shape index (κ3) is 3.82. The van der Waals surface area contributed by atoms with Crippen molar-refractivity contribution in [2.75, 3.05) is 13.6 Å². The number of nitrogens with zero attached hydrogens (tertiary/aromatic N) is 2. The van der Waals surface area contributed by atoms with Crippen LogP contribution < -0.4 is 0 Å². The van der Waals surface area contributed by atoms with Crippen LogP contribution in [0.1, 0.15) is 31.2 Å². The van der Waals surface area contributed by atoms with Gasteiger partial charge in [-0.15, -0.1) is 0 Å². The van der Waals surface area contributed by atoms with E-state index < -0.39 is 0 Å². The first kappa shape index (κ1) is 16.7. The fraction of sp³-hybridized carbons (Fsp3) is 0.400. The number of benzene rings is 1. The minimum atomic E-state index is -0.278. The summed E-state index contributed by atoms with van der Waals surface area (Å²) in [5, 5.41) is 11.1. The second-order valence-electron chi connectivity index (χ2n) is 6.59. The number of aliphatic hydroxyl groups is 1. The lowest BCUT2D eigenvalue weighted by Crippen LogP contribution is -2.37. The molecule has 1 aromatic heterocycles. The van der Waals surface area contributed by atoms with Crippen LogP contribution in [0.3, 0.4) is 0 Å². The molecule has 2 aromatic rings. The molecule has 1 saturated carbocycles. The number of aromatic nitrogens is 1. The number of likely N-dealkylation sites (N-methyl/N-ethyl adjacent to an activating group) is 1. The number of hydrogen-bond acceptors (Lipinski definition) is 3. The van der Waals surface area contributed by atoms with Gasteiger partial charge in [-0.3, -0.25) is 9.78 Å². The number of aliphatic hydroxyl groups excluding tert-OH is 1. The maximum atomic E-state index is 12.4. The smallest absolute Gasteiger partial charge is 0.246 e. The summed E-state index contributed by atoms with van der Waals surface area (Å²) in [6, 6.07) is 9.86. The lowest BCUT2D eigenvalue weighted by atomic mass is 9.86. The summed E-state index contributed by atoms with van der Waals surface area (Å²) in [7, 11) is 1.80. The molecule has 0 aliphatic heterocycles. The van der Waals surface area contributed by atoms with Crippen LogP contribution >= 0.6 is 0 Å². The number of hydrogen-bond donors (Lipinski definition) is 1. The van der Waals surface area contributed by atoms with Crippen molar-refractivity contribution in [3.05, 3.63) is 48.2 Å². The van der Waals surface area contributed by atoms with Crippen molar-refractivity contribution in [2.45, 2.75) is 31.8 Å². The zero-order chi connectivity index (χ0) is 16.9. The van der Waals surface area contributed by atoms with Gasteiger partial charge in [0.2, 0.25) is 5.91 Å². The Morgan fingerprint density at radius 2 is 2.08 bits per heavy atom. The molecule has 126 valence electrons. The van der Waals surface area contributed by atoms with E-state index in [1.807, 2.05) is 36.4 Å². The molecule has 4 nitrogen and oxygen atoms in total. The highest BCUT2D eigenvalue weighted by Crippen LogP contribution is 2.25. The molecular weight excluding hydrogens is 300 g/mol. The quantitative estimate of drug-likeness (QED) is 0.878. The molecular formula is C20H24N2O2. The predicted molar refractivity (Wildman–Crippen MR) is 96.4 cm³/mol. The lowest BCUT2D eigenvalue weighted by molar-refractivity contribution is -0.126. The molecule has 4 heteroatoms. The van der Waals surface area contributed by atoms with Gasteiger partial charge in [-0.2, -0.15) is 0 Å². The minimum absolute atomic E-state index is 0.0410. The first-order valence-corrected chi connectivity index (χ1v) is 8.60. The van der Waals surface area contributed by atoms with Crippen molar-refractivity contribution in [2.24, 2.45) is 5.92 Å². The standard InChI is InChI=1S/C20H24N2O2/c1-22(14-17-6-2-3-10-18(17)23)19(24)12-11-16-8-4-7-15-9-5-13-21-20(15)16/h4-5,7-9,11-13,17-18,23H,2-3,6,10,14H2,1H3/b12-11+. The molecule has 0 bridgehead atoms. The van der Waals surface area contributed by atoms with Crippen molar-refractivity contribution in [1.82, 2.24) is 9.88 Å². The first-order valence-electron chi connectivity index (χ1n) is 8.60. The minimum Gasteiger partial charge on any atom is -0.393 e. The second-order valence-corrected chi connectivity index (χ2v) is 6.59. The van der Waals surface area contributed by atoms with E-state index in [1.54, 1.807) is 24.2 Å². The first-order chi connectivity index (χ1) is 11.6. The molecule has 1 aromatic carbocycles. The Labute approximate surface area is 142 Å². The molecule has 1 fully saturated rings. The monoisotopic (exact) mass is 324 g/mol. The summed E-state index contributed by atoms with van der Waals surface area (Å²) >= 11 is 0. The van der Waals surface area contributed by atoms with E-state index >= 15 is 0 Å². The summed E-state index contributed by atoms with van der Waals surface area (Å²) in [5.74, 6) is 0.154. The van der Waals surface area contributed by atoms with Gasteiger partial charge in [-0.25, -0.2) is 0 Å². The normalized spacial score (nSPS) is 21.2. The summed E-state index contributed by atoms with van der Waals surface area (Å²) in [5.41, 5.74) is 1.84. The van der Waals surface area contributed by atoms with Crippen LogP contribution in [0, 0.1) is 5.92 Å². The van der Waals surface area contributed by atoms with E-state index in [4.69, 9.17) is 0 Å². The summed E-state index contributed by atoms with van der Waals surface area (Å²) in [6.07, 6.45) is 8.98. The van der Waals surface area contributed by atoms with Crippen LogP contribution in [0.5, 0.6) is 0 Å². The number of para-hydroxylation sites is 1. The molecule has 1 heterocycles. The fourth-order valence-corrected chi connectivity index (χ4v) is 3.39. The zero-order valence-corrected chi connectivity index (χ0v) is 14.1. The largest absolute Gasteiger partial charge is 0.393 e. The molecule has 1 aliphatic carbocycles. The van der Waals surface area contributed by atoms with Crippen molar-refractivity contribution in [3.8, 4) is 0 Å². The summed E-state index contributed by atoms with van der Waals surface area (Å²) in [6.45, 7) is 0.609. The molecule has 3 rings (SSSR count). The number of amides is 1. The Morgan fingerprint density at radius 3 is 2.92 bits per heavy atom. The van der Waals surface area contributed by atoms with Gasteiger partial charge in [0.15, 0.2) is 0 Å². The molecule has 1 N–H and O–H groups in total. The molecule has 1 amide bonds. The second kappa shape index (κ2) is 7.58. The van der Waals surface area contributed by atoms with E-state index in [2.05, 4.69) is 4.98 Å². The molecule has 2 unspecified atom stereocenters. The van der Waals surface area contributed by atoms with Crippen LogP contribution in [0.25, 0.3) is 17.0 Å². The van der Waals surface area contributed by atoms with Crippen LogP contribution in [0.2, 0.25) is 0 Å². The van der Waals surface area contributed by atoms with E-state index in [9.17, 15) is 9.90 Å². The average Bonchev–Trinajstić information content (AvgIpc) is 2.61. The van der Waals surface area contributed by atoms with Gasteiger partial charge in [-0.1, -0.05) is 37.1 Å². The van der Waals surface area contributed by atoms with Gasteiger partial charge < -0.3 is 10.0 Å². The molecule has 0 radical (unpaired) electrons. The summed E-state index contributed by atoms with van der Waals surface area (Å²) < 4.78 is 0. The number of rotatable bonds is 4. The molecule has 24 heavy (non-hydrogen) atoms. The topological polar surface area (TPSA) is 53.4 Å². The van der Waals surface area contributed by atoms with Crippen LogP contribution in [0.15, 0.2) is 42.6 Å². The van der Waals surface area contributed by atoms with Crippen molar-refractivity contribution in [3.63, 3.8) is 0 Å². The third-order valence-electron chi connectivity index (χ3n) is 4.82. The third-order valence-corrected chi connectivity index (χ3v) is 4.82. The van der Waals surface area contributed by atoms with Gasteiger partial charge in [0.25, 0.3) is 0 Å². The molecule has 0 saturated heterocycles. The average molecular weight is 324 g/mol. The zero-order valence-electron chi connectivity index (χ0n) is 14.1. The molecule has 2 atom stereocenters. The van der Waals surface area contributed by atoms with Crippen molar-refractivity contribution < 1.29 is 9.90 Å². The highest BCUT2D eigenvalue weighted by atomic mass is 16.3. The van der Waals surface area contributed by atoms with Gasteiger partial charge >= 0.3 is 0 Å². The Balaban J connectivity index is 1.68. The number of pyridine rings is 1. The van der Waals surface area contributed by atoms with E-state index in [1.165, 1.54) is 0 Å². The lowest BCUT2D eigenvalue weighted by Gasteiger charge is -2.30. The van der Waals surface area contributed by atoms with Crippen LogP contribution in [0.4, 0.5) is 0 Å². The van der Waals surface area contributed by atoms with E-state index in [-0.39, 0.29) is 17.9 Å². The number of carbonyl (C=O) groups is 1. The van der Waals surface area contributed by atoms with E-state index in [0.29, 0.717) is 6.54 Å². The Bertz CT molecular complexity index is 736. The fourth-order valence-electron chi connectivity index (χ4n) is 3.39. The van der Waals surface area contributed by atoms with E-state index in [0.717, 1.165) is 42.1 Å². The molecule has 0 spiro atoms. The Morgan fingerprint density at radius 1 is 1.29 bits per heavy atom. The maximum absolute atomic E-state index is 12.4. The maximum Gasteiger partial charge on any atom is 0.246 e. The van der Waals surface area contributed by atoms with Crippen molar-refractivity contribution in [1.29, 1.82) is 0 Å². The highest BCUT2D eigenvalue weighted by molar-refractivity contribution is 5.95. The van der Waals surface area contributed by atoms with Gasteiger partial charge in [0, 0.05) is 42.7 Å².